The van der Waals surface area contributed by atoms with Gasteiger partial charge in [-0.3, -0.25) is 14.2 Å². The minimum absolute atomic E-state index is 0.0861. The number of fused-ring (bicyclic) bond motifs is 1. The fraction of sp³-hybridized carbons (Fsp3) is 0.625. The maximum Gasteiger partial charge on any atom is 0.315 e. The molecule has 2 aromatic rings. The number of carbonyl (C=O) groups is 2. The lowest BCUT2D eigenvalue weighted by molar-refractivity contribution is -0.194. The zero-order valence-electron chi connectivity index (χ0n) is 20.5. The lowest BCUT2D eigenvalue weighted by Crippen LogP contribution is -2.59. The van der Waals surface area contributed by atoms with Gasteiger partial charge in [-0.15, -0.1) is 6.42 Å². The molecule has 0 amide bonds. The lowest BCUT2D eigenvalue weighted by Gasteiger charge is -2.45. The van der Waals surface area contributed by atoms with E-state index in [1.54, 1.807) is 0 Å². The molecule has 10 nitrogen and oxygen atoms in total. The van der Waals surface area contributed by atoms with Crippen molar-refractivity contribution in [1.29, 1.82) is 0 Å². The van der Waals surface area contributed by atoms with E-state index in [9.17, 15) is 14.0 Å². The molecule has 0 aliphatic carbocycles. The molecule has 0 saturated carbocycles. The quantitative estimate of drug-likeness (QED) is 0.303. The van der Waals surface area contributed by atoms with Gasteiger partial charge in [0.25, 0.3) is 0 Å². The maximum atomic E-state index is 14.0. The zero-order valence-corrected chi connectivity index (χ0v) is 20.5. The number of aromatic nitrogens is 4. The fourth-order valence-corrected chi connectivity index (χ4v) is 5.12. The SMILES string of the molecule is C#C[C@]1(C(CCC)(CCC)C(=O)OC)O[C@@H](n2cnc3c(N)nc(F)nc32)C[C@@H]1OC(=O)CCC. The number of nitrogen functional groups attached to an aromatic ring is 1. The predicted octanol–water partition coefficient (Wildman–Crippen LogP) is 3.31. The van der Waals surface area contributed by atoms with E-state index in [4.69, 9.17) is 26.4 Å². The molecule has 0 bridgehead atoms. The zero-order chi connectivity index (χ0) is 25.8. The average Bonchev–Trinajstić information content (AvgIpc) is 3.40. The van der Waals surface area contributed by atoms with Crippen molar-refractivity contribution in [3.8, 4) is 12.3 Å². The van der Waals surface area contributed by atoms with Gasteiger partial charge in [-0.25, -0.2) is 4.98 Å². The van der Waals surface area contributed by atoms with E-state index in [0.717, 1.165) is 0 Å². The van der Waals surface area contributed by atoms with Gasteiger partial charge in [0.05, 0.1) is 13.4 Å². The minimum atomic E-state index is -1.64. The van der Waals surface area contributed by atoms with Crippen LogP contribution in [0.4, 0.5) is 10.2 Å². The molecule has 3 rings (SSSR count). The second kappa shape index (κ2) is 10.6. The van der Waals surface area contributed by atoms with Crippen LogP contribution in [0, 0.1) is 23.8 Å². The molecule has 0 aromatic carbocycles. The second-order valence-corrected chi connectivity index (χ2v) is 8.69. The van der Waals surface area contributed by atoms with E-state index in [1.165, 1.54) is 18.0 Å². The number of hydrogen-bond acceptors (Lipinski definition) is 9. The summed E-state index contributed by atoms with van der Waals surface area (Å²) in [6.45, 7) is 5.70. The summed E-state index contributed by atoms with van der Waals surface area (Å²) in [6.07, 6.45) is 7.37. The summed E-state index contributed by atoms with van der Waals surface area (Å²) < 4.78 is 33.0. The van der Waals surface area contributed by atoms with Crippen LogP contribution in [-0.2, 0) is 23.8 Å². The second-order valence-electron chi connectivity index (χ2n) is 8.69. The van der Waals surface area contributed by atoms with Gasteiger partial charge in [-0.2, -0.15) is 14.4 Å². The molecule has 2 N–H and O–H groups in total. The fourth-order valence-electron chi connectivity index (χ4n) is 5.12. The van der Waals surface area contributed by atoms with Gasteiger partial charge in [-0.1, -0.05) is 39.5 Å². The Bertz CT molecular complexity index is 1120. The summed E-state index contributed by atoms with van der Waals surface area (Å²) in [4.78, 5) is 37.5. The van der Waals surface area contributed by atoms with Gasteiger partial charge in [-0.05, 0) is 19.3 Å². The van der Waals surface area contributed by atoms with Crippen molar-refractivity contribution in [2.75, 3.05) is 12.8 Å². The first-order valence-electron chi connectivity index (χ1n) is 11.8. The summed E-state index contributed by atoms with van der Waals surface area (Å²) in [5, 5.41) is 0. The van der Waals surface area contributed by atoms with Crippen molar-refractivity contribution in [3.05, 3.63) is 12.4 Å². The number of imidazole rings is 1. The monoisotopic (exact) mass is 489 g/mol. The number of carbonyl (C=O) groups excluding carboxylic acids is 2. The van der Waals surface area contributed by atoms with Crippen LogP contribution in [0.15, 0.2) is 6.33 Å². The highest BCUT2D eigenvalue weighted by Crippen LogP contribution is 2.54. The summed E-state index contributed by atoms with van der Waals surface area (Å²) >= 11 is 0. The Hall–Kier alpha value is -3.26. The molecule has 0 spiro atoms. The standard InChI is InChI=1S/C24H32FN5O5/c1-6-10-17(31)34-15-13-16(30-14-27-18-19(26)28-22(25)29-20(18)30)35-24(15,9-4)23(11-7-2,12-8-3)21(32)33-5/h4,14-16H,6-8,10-13H2,1-3,5H3,(H2,26,28,29)/t15-,16+,24-/m0/s1. The highest BCUT2D eigenvalue weighted by molar-refractivity contribution is 5.82. The molecule has 2 aromatic heterocycles. The Morgan fingerprint density at radius 1 is 1.31 bits per heavy atom. The first-order valence-corrected chi connectivity index (χ1v) is 11.8. The highest BCUT2D eigenvalue weighted by Gasteiger charge is 2.66. The van der Waals surface area contributed by atoms with Gasteiger partial charge in [0.1, 0.15) is 17.7 Å². The van der Waals surface area contributed by atoms with Crippen LogP contribution >= 0.6 is 0 Å². The molecular formula is C24H32FN5O5. The number of esters is 2. The molecule has 0 unspecified atom stereocenters. The average molecular weight is 490 g/mol. The van der Waals surface area contributed by atoms with Crippen molar-refractivity contribution in [2.24, 2.45) is 5.41 Å². The highest BCUT2D eigenvalue weighted by atomic mass is 19.1. The van der Waals surface area contributed by atoms with Gasteiger partial charge in [0.2, 0.25) is 0 Å². The van der Waals surface area contributed by atoms with E-state index < -0.39 is 41.4 Å². The summed E-state index contributed by atoms with van der Waals surface area (Å²) in [5.74, 6) is 1.58. The van der Waals surface area contributed by atoms with Crippen LogP contribution in [0.5, 0.6) is 0 Å². The molecule has 1 fully saturated rings. The van der Waals surface area contributed by atoms with Crippen molar-refractivity contribution in [3.63, 3.8) is 0 Å². The third kappa shape index (κ3) is 4.43. The largest absolute Gasteiger partial charge is 0.468 e. The number of hydrogen-bond donors (Lipinski definition) is 1. The van der Waals surface area contributed by atoms with E-state index >= 15 is 0 Å². The third-order valence-corrected chi connectivity index (χ3v) is 6.51. The van der Waals surface area contributed by atoms with Crippen molar-refractivity contribution in [1.82, 2.24) is 19.5 Å². The normalized spacial score (nSPS) is 22.2. The van der Waals surface area contributed by atoms with E-state index in [-0.39, 0.29) is 29.8 Å². The number of halogens is 1. The number of rotatable bonds is 10. The summed E-state index contributed by atoms with van der Waals surface area (Å²) in [7, 11) is 1.29. The van der Waals surface area contributed by atoms with Crippen molar-refractivity contribution < 1.29 is 28.2 Å². The lowest BCUT2D eigenvalue weighted by atomic mass is 9.64. The van der Waals surface area contributed by atoms with E-state index in [1.807, 2.05) is 20.8 Å². The van der Waals surface area contributed by atoms with Crippen LogP contribution in [0.2, 0.25) is 0 Å². The van der Waals surface area contributed by atoms with Gasteiger partial charge in [0, 0.05) is 12.8 Å². The summed E-state index contributed by atoms with van der Waals surface area (Å²) in [6, 6.07) is 0. The first-order chi connectivity index (χ1) is 16.7. The smallest absolute Gasteiger partial charge is 0.315 e. The summed E-state index contributed by atoms with van der Waals surface area (Å²) in [5.41, 5.74) is 3.16. The Kier molecular flexibility index (Phi) is 7.95. The van der Waals surface area contributed by atoms with Gasteiger partial charge in [0.15, 0.2) is 22.6 Å². The van der Waals surface area contributed by atoms with Crippen LogP contribution in [-0.4, -0.2) is 50.3 Å². The molecular weight excluding hydrogens is 457 g/mol. The molecule has 0 radical (unpaired) electrons. The van der Waals surface area contributed by atoms with Crippen LogP contribution in [0.1, 0.15) is 71.9 Å². The van der Waals surface area contributed by atoms with E-state index in [2.05, 4.69) is 20.9 Å². The van der Waals surface area contributed by atoms with Crippen LogP contribution < -0.4 is 5.73 Å². The molecule has 35 heavy (non-hydrogen) atoms. The number of anilines is 1. The van der Waals surface area contributed by atoms with E-state index in [0.29, 0.717) is 32.1 Å². The predicted molar refractivity (Wildman–Crippen MR) is 125 cm³/mol. The van der Waals surface area contributed by atoms with Gasteiger partial charge < -0.3 is 19.9 Å². The van der Waals surface area contributed by atoms with Gasteiger partial charge >= 0.3 is 18.0 Å². The number of terminal acetylenes is 1. The number of nitrogens with zero attached hydrogens (tertiary/aromatic N) is 4. The topological polar surface area (TPSA) is 131 Å². The molecule has 3 heterocycles. The number of ether oxygens (including phenoxy) is 3. The van der Waals surface area contributed by atoms with Crippen LogP contribution in [0.25, 0.3) is 11.2 Å². The minimum Gasteiger partial charge on any atom is -0.468 e. The Morgan fingerprint density at radius 3 is 2.57 bits per heavy atom. The molecule has 1 saturated heterocycles. The van der Waals surface area contributed by atoms with Crippen molar-refractivity contribution >= 4 is 28.9 Å². The number of methoxy groups -OCH3 is 1. The molecule has 11 heteroatoms. The number of nitrogens with two attached hydrogens (primary N) is 1. The molecule has 1 aliphatic rings. The van der Waals surface area contributed by atoms with Crippen molar-refractivity contribution in [2.45, 2.75) is 83.6 Å². The molecule has 190 valence electrons. The Morgan fingerprint density at radius 2 is 2.00 bits per heavy atom. The third-order valence-electron chi connectivity index (χ3n) is 6.51. The molecule has 3 atom stereocenters. The maximum absolute atomic E-state index is 14.0. The molecule has 1 aliphatic heterocycles. The Balaban J connectivity index is 2.19. The first kappa shape index (κ1) is 26.3. The van der Waals surface area contributed by atoms with Crippen LogP contribution in [0.3, 0.4) is 0 Å². The Labute approximate surface area is 203 Å².